The van der Waals surface area contributed by atoms with Crippen molar-refractivity contribution in [1.29, 1.82) is 0 Å². The Labute approximate surface area is 325 Å². The SMILES string of the molecule is CCCCC/C=C\C/C=C\CCCCCCCCCCCCCCCC(=O)NCCOP(=O)(O)OCC(O)COC(=O)CCCCCCCCCCC. The largest absolute Gasteiger partial charge is 0.472 e. The van der Waals surface area contributed by atoms with Gasteiger partial charge >= 0.3 is 13.8 Å². The van der Waals surface area contributed by atoms with Crippen LogP contribution in [0, 0.1) is 0 Å². The van der Waals surface area contributed by atoms with Crippen molar-refractivity contribution in [3.8, 4) is 0 Å². The number of amides is 1. The van der Waals surface area contributed by atoms with E-state index in [1.807, 2.05) is 0 Å². The van der Waals surface area contributed by atoms with Gasteiger partial charge in [0.2, 0.25) is 5.91 Å². The van der Waals surface area contributed by atoms with Gasteiger partial charge in [-0.05, 0) is 44.9 Å². The zero-order chi connectivity index (χ0) is 38.9. The molecule has 0 aromatic rings. The van der Waals surface area contributed by atoms with Crippen molar-refractivity contribution < 1.29 is 37.9 Å². The first kappa shape index (κ1) is 51.5. The van der Waals surface area contributed by atoms with E-state index in [1.54, 1.807) is 0 Å². The summed E-state index contributed by atoms with van der Waals surface area (Å²) in [6, 6.07) is 0. The van der Waals surface area contributed by atoms with Crippen molar-refractivity contribution in [1.82, 2.24) is 5.32 Å². The molecule has 0 aliphatic carbocycles. The molecule has 9 nitrogen and oxygen atoms in total. The second kappa shape index (κ2) is 40.2. The number of carbonyl (C=O) groups is 2. The second-order valence-corrected chi connectivity index (χ2v) is 16.1. The lowest BCUT2D eigenvalue weighted by molar-refractivity contribution is -0.147. The number of phosphoric acid groups is 1. The average molecular weight is 772 g/mol. The quantitative estimate of drug-likeness (QED) is 0.0242. The maximum atomic E-state index is 12.1. The van der Waals surface area contributed by atoms with Gasteiger partial charge in [0, 0.05) is 19.4 Å². The lowest BCUT2D eigenvalue weighted by Crippen LogP contribution is -2.27. The fourth-order valence-electron chi connectivity index (χ4n) is 6.06. The van der Waals surface area contributed by atoms with Crippen LogP contribution in [0.5, 0.6) is 0 Å². The fourth-order valence-corrected chi connectivity index (χ4v) is 6.81. The number of hydrogen-bond acceptors (Lipinski definition) is 7. The van der Waals surface area contributed by atoms with E-state index in [4.69, 9.17) is 13.8 Å². The van der Waals surface area contributed by atoms with E-state index in [2.05, 4.69) is 43.5 Å². The van der Waals surface area contributed by atoms with Gasteiger partial charge in [-0.3, -0.25) is 18.6 Å². The van der Waals surface area contributed by atoms with E-state index in [0.717, 1.165) is 44.9 Å². The summed E-state index contributed by atoms with van der Waals surface area (Å²) < 4.78 is 26.8. The Morgan fingerprint density at radius 1 is 0.585 bits per heavy atom. The molecule has 0 aromatic carbocycles. The van der Waals surface area contributed by atoms with Crippen LogP contribution in [-0.4, -0.2) is 54.3 Å². The molecule has 0 heterocycles. The second-order valence-electron chi connectivity index (χ2n) is 14.7. The van der Waals surface area contributed by atoms with E-state index in [1.165, 1.54) is 135 Å². The summed E-state index contributed by atoms with van der Waals surface area (Å²) in [4.78, 5) is 33.8. The Balaban J connectivity index is 3.53. The number of phosphoric ester groups is 1. The highest BCUT2D eigenvalue weighted by Crippen LogP contribution is 2.42. The molecule has 0 radical (unpaired) electrons. The van der Waals surface area contributed by atoms with Crippen molar-refractivity contribution >= 4 is 19.7 Å². The van der Waals surface area contributed by atoms with Gasteiger partial charge in [0.05, 0.1) is 13.2 Å². The Morgan fingerprint density at radius 3 is 1.55 bits per heavy atom. The number of rotatable bonds is 41. The minimum absolute atomic E-state index is 0.0838. The first-order valence-corrected chi connectivity index (χ1v) is 23.3. The highest BCUT2D eigenvalue weighted by atomic mass is 31.2. The molecule has 1 amide bonds. The van der Waals surface area contributed by atoms with Crippen LogP contribution in [0.1, 0.15) is 206 Å². The number of allylic oxidation sites excluding steroid dienone is 4. The highest BCUT2D eigenvalue weighted by Gasteiger charge is 2.23. The van der Waals surface area contributed by atoms with Gasteiger partial charge in [-0.25, -0.2) is 4.57 Å². The first-order valence-electron chi connectivity index (χ1n) is 21.8. The Hall–Kier alpha value is -1.51. The Bertz CT molecular complexity index is 928. The molecule has 0 aromatic heterocycles. The van der Waals surface area contributed by atoms with Crippen molar-refractivity contribution in [2.75, 3.05) is 26.4 Å². The average Bonchev–Trinajstić information content (AvgIpc) is 3.14. The molecule has 2 atom stereocenters. The predicted molar refractivity (Wildman–Crippen MR) is 220 cm³/mol. The lowest BCUT2D eigenvalue weighted by atomic mass is 10.0. The minimum Gasteiger partial charge on any atom is -0.463 e. The number of aliphatic hydroxyl groups is 1. The molecule has 0 fully saturated rings. The third kappa shape index (κ3) is 41.5. The topological polar surface area (TPSA) is 131 Å². The number of hydrogen-bond donors (Lipinski definition) is 3. The molecule has 0 rings (SSSR count). The van der Waals surface area contributed by atoms with E-state index in [-0.39, 0.29) is 32.1 Å². The Kier molecular flexibility index (Phi) is 39.0. The summed E-state index contributed by atoms with van der Waals surface area (Å²) in [6.45, 7) is 3.51. The van der Waals surface area contributed by atoms with Gasteiger partial charge in [0.25, 0.3) is 0 Å². The monoisotopic (exact) mass is 772 g/mol. The van der Waals surface area contributed by atoms with Crippen LogP contribution < -0.4 is 5.32 Å². The number of unbranched alkanes of at least 4 members (excludes halogenated alkanes) is 24. The molecular weight excluding hydrogens is 689 g/mol. The van der Waals surface area contributed by atoms with Gasteiger partial charge in [-0.2, -0.15) is 0 Å². The van der Waals surface area contributed by atoms with Crippen LogP contribution in [0.25, 0.3) is 0 Å². The van der Waals surface area contributed by atoms with E-state index in [9.17, 15) is 24.2 Å². The van der Waals surface area contributed by atoms with Crippen LogP contribution in [-0.2, 0) is 27.9 Å². The van der Waals surface area contributed by atoms with Crippen molar-refractivity contribution in [2.24, 2.45) is 0 Å². The van der Waals surface area contributed by atoms with Crippen molar-refractivity contribution in [3.05, 3.63) is 24.3 Å². The summed E-state index contributed by atoms with van der Waals surface area (Å²) in [5.41, 5.74) is 0. The van der Waals surface area contributed by atoms with Gasteiger partial charge in [-0.1, -0.05) is 173 Å². The summed E-state index contributed by atoms with van der Waals surface area (Å²) in [5.74, 6) is -0.515. The molecular formula is C43H82NO8P. The first-order chi connectivity index (χ1) is 25.8. The standard InChI is InChI=1S/C43H82NO8P/c1-3-5-7-9-11-13-14-15-16-17-18-19-20-21-22-23-24-25-26-28-29-31-33-35-42(46)44-37-38-51-53(48,49)52-40-41(45)39-50-43(47)36-34-32-30-27-12-10-8-6-4-2/h11,13,15-16,41,45H,3-10,12,14,17-40H2,1-2H3,(H,44,46)(H,48,49)/b13-11-,16-15-. The number of nitrogens with one attached hydrogen (secondary N) is 1. The van der Waals surface area contributed by atoms with Gasteiger partial charge in [0.1, 0.15) is 12.7 Å². The molecule has 53 heavy (non-hydrogen) atoms. The molecule has 3 N–H and O–H groups in total. The number of esters is 1. The maximum absolute atomic E-state index is 12.1. The molecule has 2 unspecified atom stereocenters. The van der Waals surface area contributed by atoms with Crippen LogP contribution in [0.3, 0.4) is 0 Å². The lowest BCUT2D eigenvalue weighted by Gasteiger charge is -2.15. The molecule has 10 heteroatoms. The Morgan fingerprint density at radius 2 is 1.02 bits per heavy atom. The van der Waals surface area contributed by atoms with Crippen LogP contribution in [0.2, 0.25) is 0 Å². The van der Waals surface area contributed by atoms with Gasteiger partial charge in [0.15, 0.2) is 0 Å². The molecule has 312 valence electrons. The number of aliphatic hydroxyl groups excluding tert-OH is 1. The zero-order valence-corrected chi connectivity index (χ0v) is 35.1. The molecule has 0 saturated heterocycles. The zero-order valence-electron chi connectivity index (χ0n) is 34.2. The van der Waals surface area contributed by atoms with Crippen molar-refractivity contribution in [3.63, 3.8) is 0 Å². The summed E-state index contributed by atoms with van der Waals surface area (Å²) in [5, 5.41) is 12.6. The number of carbonyl (C=O) groups excluding carboxylic acids is 2. The summed E-state index contributed by atoms with van der Waals surface area (Å²) in [7, 11) is -4.41. The highest BCUT2D eigenvalue weighted by molar-refractivity contribution is 7.47. The van der Waals surface area contributed by atoms with Crippen molar-refractivity contribution in [2.45, 2.75) is 213 Å². The third-order valence-electron chi connectivity index (χ3n) is 9.38. The van der Waals surface area contributed by atoms with Crippen LogP contribution in [0.15, 0.2) is 24.3 Å². The molecule has 0 aliphatic rings. The van der Waals surface area contributed by atoms with Gasteiger partial charge in [-0.15, -0.1) is 0 Å². The van der Waals surface area contributed by atoms with E-state index in [0.29, 0.717) is 6.42 Å². The van der Waals surface area contributed by atoms with Crippen LogP contribution >= 0.6 is 7.82 Å². The van der Waals surface area contributed by atoms with Crippen LogP contribution in [0.4, 0.5) is 0 Å². The molecule has 0 bridgehead atoms. The predicted octanol–water partition coefficient (Wildman–Crippen LogP) is 12.0. The molecule has 0 aliphatic heterocycles. The molecule has 0 saturated carbocycles. The van der Waals surface area contributed by atoms with E-state index >= 15 is 0 Å². The maximum Gasteiger partial charge on any atom is 0.472 e. The third-order valence-corrected chi connectivity index (χ3v) is 10.4. The summed E-state index contributed by atoms with van der Waals surface area (Å²) >= 11 is 0. The normalized spacial score (nSPS) is 13.5. The fraction of sp³-hybridized carbons (Fsp3) is 0.860. The number of ether oxygens (including phenoxy) is 1. The van der Waals surface area contributed by atoms with Gasteiger partial charge < -0.3 is 20.1 Å². The summed E-state index contributed by atoms with van der Waals surface area (Å²) in [6.07, 6.45) is 42.7. The minimum atomic E-state index is -4.41. The van der Waals surface area contributed by atoms with E-state index < -0.39 is 26.5 Å². The molecule has 0 spiro atoms. The smallest absolute Gasteiger partial charge is 0.463 e.